The molecular weight excluding hydrogens is 304 g/mol. The number of rotatable bonds is 2. The number of nitrogens with two attached hydrogens (primary N) is 1. The summed E-state index contributed by atoms with van der Waals surface area (Å²) in [6.45, 7) is 0. The maximum Gasteiger partial charge on any atom is 0.134 e. The zero-order valence-electron chi connectivity index (χ0n) is 9.99. The van der Waals surface area contributed by atoms with Gasteiger partial charge in [-0.2, -0.15) is 5.10 Å². The summed E-state index contributed by atoms with van der Waals surface area (Å²) < 4.78 is 2.75. The van der Waals surface area contributed by atoms with Crippen molar-refractivity contribution in [3.05, 3.63) is 59.3 Å². The molecule has 0 aliphatic rings. The number of nitrogen functional groups attached to an aromatic ring is 1. The Morgan fingerprint density at radius 1 is 1.11 bits per heavy atom. The molecule has 2 N–H and O–H groups in total. The number of pyridine rings is 1. The minimum absolute atomic E-state index is 0.610. The van der Waals surface area contributed by atoms with Crippen molar-refractivity contribution in [1.29, 1.82) is 0 Å². The number of anilines is 1. The number of aromatic nitrogens is 3. The molecule has 0 aliphatic carbocycles. The van der Waals surface area contributed by atoms with Crippen molar-refractivity contribution in [3.8, 4) is 17.1 Å². The number of nitrogens with zero attached hydrogens (tertiary/aromatic N) is 3. The first kappa shape index (κ1) is 11.9. The Hall–Kier alpha value is -2.14. The topological polar surface area (TPSA) is 56.7 Å². The summed E-state index contributed by atoms with van der Waals surface area (Å²) in [6, 6.07) is 13.6. The van der Waals surface area contributed by atoms with Gasteiger partial charge in [0.2, 0.25) is 0 Å². The van der Waals surface area contributed by atoms with E-state index in [1.807, 2.05) is 42.5 Å². The molecule has 0 fully saturated rings. The van der Waals surface area contributed by atoms with E-state index < -0.39 is 0 Å². The van der Waals surface area contributed by atoms with Gasteiger partial charge in [-0.1, -0.05) is 28.1 Å². The lowest BCUT2D eigenvalue weighted by Crippen LogP contribution is -1.94. The van der Waals surface area contributed by atoms with Crippen LogP contribution < -0.4 is 5.73 Å². The van der Waals surface area contributed by atoms with Crippen molar-refractivity contribution >= 4 is 21.6 Å². The Morgan fingerprint density at radius 2 is 2.00 bits per heavy atom. The minimum Gasteiger partial charge on any atom is -0.396 e. The summed E-state index contributed by atoms with van der Waals surface area (Å²) >= 11 is 3.44. The van der Waals surface area contributed by atoms with Gasteiger partial charge in [-0.15, -0.1) is 0 Å². The molecule has 3 rings (SSSR count). The van der Waals surface area contributed by atoms with Crippen LogP contribution >= 0.6 is 15.9 Å². The molecule has 94 valence electrons. The van der Waals surface area contributed by atoms with Gasteiger partial charge in [-0.3, -0.25) is 4.98 Å². The first-order chi connectivity index (χ1) is 9.24. The average Bonchev–Trinajstić information content (AvgIpc) is 2.82. The molecule has 5 heteroatoms. The molecule has 0 spiro atoms. The first-order valence-electron chi connectivity index (χ1n) is 5.76. The second kappa shape index (κ2) is 4.85. The molecule has 0 amide bonds. The van der Waals surface area contributed by atoms with Crippen molar-refractivity contribution in [1.82, 2.24) is 14.8 Å². The standard InChI is InChI=1S/C14H11BrN4/c15-10-4-3-5-11(8-10)19-9-12(16)14(18-19)13-6-1-2-7-17-13/h1-9H,16H2. The van der Waals surface area contributed by atoms with Crippen LogP contribution in [-0.2, 0) is 0 Å². The lowest BCUT2D eigenvalue weighted by molar-refractivity contribution is 0.882. The molecule has 0 unspecified atom stereocenters. The Morgan fingerprint density at radius 3 is 2.74 bits per heavy atom. The summed E-state index contributed by atoms with van der Waals surface area (Å²) in [5.41, 5.74) is 9.04. The Balaban J connectivity index is 2.07. The van der Waals surface area contributed by atoms with Crippen LogP contribution in [0.1, 0.15) is 0 Å². The molecule has 4 nitrogen and oxygen atoms in total. The molecule has 1 aromatic carbocycles. The molecule has 0 saturated carbocycles. The van der Waals surface area contributed by atoms with E-state index in [0.717, 1.165) is 15.9 Å². The van der Waals surface area contributed by atoms with Crippen molar-refractivity contribution in [2.75, 3.05) is 5.73 Å². The van der Waals surface area contributed by atoms with Crippen LogP contribution in [-0.4, -0.2) is 14.8 Å². The van der Waals surface area contributed by atoms with E-state index in [1.165, 1.54) is 0 Å². The van der Waals surface area contributed by atoms with E-state index >= 15 is 0 Å². The molecular formula is C14H11BrN4. The van der Waals surface area contributed by atoms with E-state index in [-0.39, 0.29) is 0 Å². The molecule has 0 bridgehead atoms. The van der Waals surface area contributed by atoms with Gasteiger partial charge in [0, 0.05) is 10.7 Å². The molecule has 0 radical (unpaired) electrons. The zero-order chi connectivity index (χ0) is 13.2. The van der Waals surface area contributed by atoms with Crippen molar-refractivity contribution in [2.24, 2.45) is 0 Å². The smallest absolute Gasteiger partial charge is 0.134 e. The van der Waals surface area contributed by atoms with E-state index in [9.17, 15) is 0 Å². The summed E-state index contributed by atoms with van der Waals surface area (Å²) in [5, 5.41) is 4.50. The molecule has 3 aromatic rings. The van der Waals surface area contributed by atoms with Crippen LogP contribution in [0.5, 0.6) is 0 Å². The van der Waals surface area contributed by atoms with Crippen LogP contribution in [0.25, 0.3) is 17.1 Å². The SMILES string of the molecule is Nc1cn(-c2cccc(Br)c2)nc1-c1ccccn1. The van der Waals surface area contributed by atoms with Crippen LogP contribution in [0, 0.1) is 0 Å². The van der Waals surface area contributed by atoms with Gasteiger partial charge in [0.1, 0.15) is 5.69 Å². The van der Waals surface area contributed by atoms with E-state index in [2.05, 4.69) is 26.0 Å². The number of hydrogen-bond donors (Lipinski definition) is 1. The second-order valence-corrected chi connectivity index (χ2v) is 4.99. The van der Waals surface area contributed by atoms with Gasteiger partial charge < -0.3 is 5.73 Å². The summed E-state index contributed by atoms with van der Waals surface area (Å²) in [7, 11) is 0. The average molecular weight is 315 g/mol. The third-order valence-electron chi connectivity index (χ3n) is 2.72. The third kappa shape index (κ3) is 2.37. The second-order valence-electron chi connectivity index (χ2n) is 4.07. The normalized spacial score (nSPS) is 10.6. The summed E-state index contributed by atoms with van der Waals surface area (Å²) in [6.07, 6.45) is 3.53. The fraction of sp³-hybridized carbons (Fsp3) is 0. The molecule has 2 heterocycles. The molecule has 0 saturated heterocycles. The van der Waals surface area contributed by atoms with Gasteiger partial charge in [0.15, 0.2) is 0 Å². The van der Waals surface area contributed by atoms with Gasteiger partial charge in [-0.05, 0) is 30.3 Å². The highest BCUT2D eigenvalue weighted by molar-refractivity contribution is 9.10. The van der Waals surface area contributed by atoms with Crippen molar-refractivity contribution in [3.63, 3.8) is 0 Å². The number of hydrogen-bond acceptors (Lipinski definition) is 3. The summed E-state index contributed by atoms with van der Waals surface area (Å²) in [4.78, 5) is 4.27. The van der Waals surface area contributed by atoms with Crippen LogP contribution in [0.2, 0.25) is 0 Å². The third-order valence-corrected chi connectivity index (χ3v) is 3.22. The fourth-order valence-electron chi connectivity index (χ4n) is 1.84. The number of benzene rings is 1. The number of halogens is 1. The van der Waals surface area contributed by atoms with Gasteiger partial charge in [0.25, 0.3) is 0 Å². The quantitative estimate of drug-likeness (QED) is 0.789. The minimum atomic E-state index is 0.610. The lowest BCUT2D eigenvalue weighted by Gasteiger charge is -2.01. The molecule has 0 atom stereocenters. The first-order valence-corrected chi connectivity index (χ1v) is 6.56. The maximum absolute atomic E-state index is 6.01. The highest BCUT2D eigenvalue weighted by Crippen LogP contribution is 2.24. The maximum atomic E-state index is 6.01. The van der Waals surface area contributed by atoms with Crippen molar-refractivity contribution < 1.29 is 0 Å². The van der Waals surface area contributed by atoms with Gasteiger partial charge in [0.05, 0.1) is 23.3 Å². The Kier molecular flexibility index (Phi) is 3.05. The van der Waals surface area contributed by atoms with Crippen LogP contribution in [0.4, 0.5) is 5.69 Å². The van der Waals surface area contributed by atoms with Crippen molar-refractivity contribution in [2.45, 2.75) is 0 Å². The van der Waals surface area contributed by atoms with E-state index in [0.29, 0.717) is 11.4 Å². The van der Waals surface area contributed by atoms with E-state index in [1.54, 1.807) is 17.1 Å². The largest absolute Gasteiger partial charge is 0.396 e. The molecule has 2 aromatic heterocycles. The van der Waals surface area contributed by atoms with E-state index in [4.69, 9.17) is 5.73 Å². The lowest BCUT2D eigenvalue weighted by atomic mass is 10.2. The van der Waals surface area contributed by atoms with Crippen LogP contribution in [0.15, 0.2) is 59.3 Å². The highest BCUT2D eigenvalue weighted by atomic mass is 79.9. The van der Waals surface area contributed by atoms with Crippen LogP contribution in [0.3, 0.4) is 0 Å². The molecule has 19 heavy (non-hydrogen) atoms. The predicted molar refractivity (Wildman–Crippen MR) is 78.9 cm³/mol. The molecule has 0 aliphatic heterocycles. The Labute approximate surface area is 119 Å². The predicted octanol–water partition coefficient (Wildman–Crippen LogP) is 3.28. The Bertz CT molecular complexity index is 706. The summed E-state index contributed by atoms with van der Waals surface area (Å²) in [5.74, 6) is 0. The zero-order valence-corrected chi connectivity index (χ0v) is 11.6. The van der Waals surface area contributed by atoms with Gasteiger partial charge in [-0.25, -0.2) is 4.68 Å². The highest BCUT2D eigenvalue weighted by Gasteiger charge is 2.10. The fourth-order valence-corrected chi connectivity index (χ4v) is 2.23. The monoisotopic (exact) mass is 314 g/mol. The van der Waals surface area contributed by atoms with Gasteiger partial charge >= 0.3 is 0 Å².